The van der Waals surface area contributed by atoms with E-state index in [0.29, 0.717) is 34.3 Å². The lowest BCUT2D eigenvalue weighted by Gasteiger charge is -2.61. The first-order valence-electron chi connectivity index (χ1n) is 7.31. The minimum Gasteiger partial charge on any atom is -0.420 e. The lowest BCUT2D eigenvalue weighted by atomic mass is 9.70. The fraction of sp³-hybridized carbons (Fsp3) is 0.933. The van der Waals surface area contributed by atoms with E-state index in [9.17, 15) is 4.79 Å². The van der Waals surface area contributed by atoms with Gasteiger partial charge in [-0.15, -0.1) is 0 Å². The summed E-state index contributed by atoms with van der Waals surface area (Å²) in [6, 6.07) is 0.825. The van der Waals surface area contributed by atoms with Gasteiger partial charge in [-0.3, -0.25) is 9.28 Å². The van der Waals surface area contributed by atoms with E-state index in [1.54, 1.807) is 0 Å². The molecule has 0 aromatic rings. The molecule has 0 saturated carbocycles. The number of ether oxygens (including phenoxy) is 1. The van der Waals surface area contributed by atoms with E-state index in [-0.39, 0.29) is 0 Å². The van der Waals surface area contributed by atoms with Gasteiger partial charge in [0.1, 0.15) is 0 Å². The maximum Gasteiger partial charge on any atom is 0.241 e. The van der Waals surface area contributed by atoms with Crippen LogP contribution in [0.1, 0.15) is 48.5 Å². The summed E-state index contributed by atoms with van der Waals surface area (Å²) in [7, 11) is 7.45. The van der Waals surface area contributed by atoms with E-state index < -0.39 is 11.6 Å². The highest BCUT2D eigenvalue weighted by Gasteiger charge is 2.57. The van der Waals surface area contributed by atoms with Gasteiger partial charge in [-0.1, -0.05) is 20.8 Å². The summed E-state index contributed by atoms with van der Waals surface area (Å²) >= 11 is 0. The number of quaternary nitrogens is 1. The zero-order valence-electron chi connectivity index (χ0n) is 13.7. The minimum absolute atomic E-state index is 0.413. The number of carbonyl (C=O) groups excluding carboxylic acids is 1. The van der Waals surface area contributed by atoms with Crippen LogP contribution in [0.3, 0.4) is 0 Å². The molecular weight excluding hydrogens is 237 g/mol. The highest BCUT2D eigenvalue weighted by Crippen LogP contribution is 2.45. The van der Waals surface area contributed by atoms with Crippen LogP contribution in [-0.2, 0) is 4.74 Å². The third kappa shape index (κ3) is 2.44. The summed E-state index contributed by atoms with van der Waals surface area (Å²) in [5.41, 5.74) is -0.618. The van der Waals surface area contributed by atoms with Crippen LogP contribution in [-0.4, -0.2) is 43.1 Å². The summed E-state index contributed by atoms with van der Waals surface area (Å²) in [4.78, 5) is 11.2. The Morgan fingerprint density at radius 3 is 1.68 bits per heavy atom. The van der Waals surface area contributed by atoms with Crippen molar-refractivity contribution >= 4 is 13.7 Å². The number of likely N-dealkylation sites (tertiary alicyclic amines) is 1. The van der Waals surface area contributed by atoms with E-state index in [4.69, 9.17) is 12.6 Å². The Balaban J connectivity index is 3.22. The number of nitrogens with zero attached hydrogens (tertiary/aromatic N) is 1. The van der Waals surface area contributed by atoms with Crippen molar-refractivity contribution in [3.05, 3.63) is 0 Å². The summed E-state index contributed by atoms with van der Waals surface area (Å²) in [5.74, 6) is 1.13. The van der Waals surface area contributed by atoms with Gasteiger partial charge < -0.3 is 4.74 Å². The predicted molar refractivity (Wildman–Crippen MR) is 78.9 cm³/mol. The second-order valence-electron chi connectivity index (χ2n) is 7.07. The van der Waals surface area contributed by atoms with Crippen LogP contribution in [0, 0.1) is 17.8 Å². The highest BCUT2D eigenvalue weighted by molar-refractivity contribution is 6.55. The predicted octanol–water partition coefficient (Wildman–Crippen LogP) is 3.17. The lowest BCUT2D eigenvalue weighted by Crippen LogP contribution is -2.74. The molecule has 4 heteroatoms. The first-order valence-corrected chi connectivity index (χ1v) is 7.31. The van der Waals surface area contributed by atoms with Gasteiger partial charge in [-0.2, -0.15) is 0 Å². The fourth-order valence-electron chi connectivity index (χ4n) is 4.03. The van der Waals surface area contributed by atoms with Gasteiger partial charge >= 0.3 is 0 Å². The molecule has 2 radical (unpaired) electrons. The normalized spacial score (nSPS) is 43.9. The van der Waals surface area contributed by atoms with Crippen molar-refractivity contribution in [2.45, 2.75) is 66.3 Å². The van der Waals surface area contributed by atoms with Crippen molar-refractivity contribution < 1.29 is 14.0 Å². The summed E-state index contributed by atoms with van der Waals surface area (Å²) < 4.78 is 6.17. The molecule has 0 aromatic carbocycles. The zero-order chi connectivity index (χ0) is 15.2. The van der Waals surface area contributed by atoms with Crippen molar-refractivity contribution in [1.29, 1.82) is 0 Å². The fourth-order valence-corrected chi connectivity index (χ4v) is 4.03. The maximum atomic E-state index is 11.2. The Bertz CT molecular complexity index is 340. The largest absolute Gasteiger partial charge is 0.420 e. The molecule has 0 bridgehead atoms. The molecular formula is C15H29BNO2+. The van der Waals surface area contributed by atoms with Crippen LogP contribution in [0.25, 0.3) is 0 Å². The third-order valence-corrected chi connectivity index (χ3v) is 6.38. The maximum absolute atomic E-state index is 11.2. The Labute approximate surface area is 119 Å². The van der Waals surface area contributed by atoms with Gasteiger partial charge in [0.2, 0.25) is 19.4 Å². The molecule has 1 aliphatic heterocycles. The molecule has 108 valence electrons. The van der Waals surface area contributed by atoms with E-state index in [0.717, 1.165) is 0 Å². The molecule has 3 nitrogen and oxygen atoms in total. The monoisotopic (exact) mass is 266 g/mol. The molecule has 1 heterocycles. The number of hydrogen-bond acceptors (Lipinski definition) is 2. The van der Waals surface area contributed by atoms with E-state index in [1.165, 1.54) is 0 Å². The average Bonchev–Trinajstić information content (AvgIpc) is 2.29. The first-order chi connectivity index (χ1) is 8.46. The van der Waals surface area contributed by atoms with Gasteiger partial charge in [0.15, 0.2) is 0 Å². The molecule has 1 fully saturated rings. The molecule has 0 spiro atoms. The first kappa shape index (κ1) is 16.5. The van der Waals surface area contributed by atoms with Crippen LogP contribution in [0.4, 0.5) is 4.79 Å². The molecule has 1 saturated heterocycles. The van der Waals surface area contributed by atoms with Crippen LogP contribution in [0.5, 0.6) is 0 Å². The topological polar surface area (TPSA) is 26.3 Å². The number of carbonyl (C=O) groups is 1. The zero-order valence-corrected chi connectivity index (χ0v) is 13.7. The molecule has 0 aliphatic carbocycles. The second kappa shape index (κ2) is 5.12. The van der Waals surface area contributed by atoms with Crippen molar-refractivity contribution in [1.82, 2.24) is 0 Å². The van der Waals surface area contributed by atoms with Crippen LogP contribution < -0.4 is 0 Å². The summed E-state index contributed by atoms with van der Waals surface area (Å²) in [6.07, 6.45) is 0. The highest BCUT2D eigenvalue weighted by atomic mass is 16.6. The SMILES string of the molecule is [B]C(=O)OC(C)(C)[N+]1(C)[C@H](C)[C@H](C)C(C)[C@H](C)[C@@H]1C. The number of piperidine rings is 1. The Kier molecular flexibility index (Phi) is 4.46. The lowest BCUT2D eigenvalue weighted by molar-refractivity contribution is -1.03. The average molecular weight is 266 g/mol. The molecule has 6 atom stereocenters. The van der Waals surface area contributed by atoms with Gasteiger partial charge in [0.05, 0.1) is 19.1 Å². The number of hydrogen-bond donors (Lipinski definition) is 0. The van der Waals surface area contributed by atoms with E-state index in [1.807, 2.05) is 13.8 Å². The molecule has 19 heavy (non-hydrogen) atoms. The second-order valence-corrected chi connectivity index (χ2v) is 7.07. The van der Waals surface area contributed by atoms with Gasteiger partial charge in [-0.05, 0) is 19.8 Å². The summed E-state index contributed by atoms with van der Waals surface area (Å²) in [6.45, 7) is 15.4. The Hall–Kier alpha value is -0.505. The van der Waals surface area contributed by atoms with Crippen molar-refractivity contribution in [2.24, 2.45) is 17.8 Å². The molecule has 2 unspecified atom stereocenters. The van der Waals surface area contributed by atoms with E-state index >= 15 is 0 Å². The Morgan fingerprint density at radius 2 is 1.37 bits per heavy atom. The molecule has 1 rings (SSSR count). The van der Waals surface area contributed by atoms with Crippen molar-refractivity contribution in [3.63, 3.8) is 0 Å². The Morgan fingerprint density at radius 1 is 1.00 bits per heavy atom. The molecule has 0 N–H and O–H groups in total. The van der Waals surface area contributed by atoms with Crippen molar-refractivity contribution in [3.8, 4) is 0 Å². The van der Waals surface area contributed by atoms with Gasteiger partial charge in [0, 0.05) is 25.7 Å². The number of rotatable bonds is 2. The van der Waals surface area contributed by atoms with E-state index in [2.05, 4.69) is 41.7 Å². The van der Waals surface area contributed by atoms with Gasteiger partial charge in [-0.25, -0.2) is 0 Å². The minimum atomic E-state index is -0.692. The van der Waals surface area contributed by atoms with Crippen LogP contribution in [0.15, 0.2) is 0 Å². The quantitative estimate of drug-likeness (QED) is 0.567. The van der Waals surface area contributed by atoms with Crippen LogP contribution in [0.2, 0.25) is 0 Å². The third-order valence-electron chi connectivity index (χ3n) is 6.38. The van der Waals surface area contributed by atoms with Crippen molar-refractivity contribution in [2.75, 3.05) is 7.05 Å². The standard InChI is InChI=1S/C15H29BNO2/c1-9-10(2)12(4)17(8,13(5)11(9)3)15(6,7)19-14(16)18/h9-13H,1-8H3/q+1/t9?,10-,11+,12-,13+,17?. The molecule has 0 amide bonds. The summed E-state index contributed by atoms with van der Waals surface area (Å²) in [5, 5.41) is 0. The molecule has 0 aromatic heterocycles. The molecule has 1 aliphatic rings. The smallest absolute Gasteiger partial charge is 0.241 e. The van der Waals surface area contributed by atoms with Gasteiger partial charge in [0.25, 0.3) is 0 Å². The van der Waals surface area contributed by atoms with Crippen LogP contribution >= 0.6 is 0 Å².